The molecule has 0 aliphatic rings. The first-order valence-corrected chi connectivity index (χ1v) is 8.71. The van der Waals surface area contributed by atoms with E-state index in [-0.39, 0.29) is 0 Å². The third-order valence-corrected chi connectivity index (χ3v) is 4.80. The number of para-hydroxylation sites is 4. The smallest absolute Gasteiger partial charge is 0.111 e. The standard InChI is InChI=1S/C22H18N4/c1-15-23-19-10-3-5-12-21(19)25(15)17-8-7-9-18(14-17)26-16(2)24-20-11-4-6-13-22(20)26/h3-14H,1-2H3. The van der Waals surface area contributed by atoms with Crippen molar-refractivity contribution in [1.82, 2.24) is 19.1 Å². The van der Waals surface area contributed by atoms with Gasteiger partial charge in [0.25, 0.3) is 0 Å². The van der Waals surface area contributed by atoms with Gasteiger partial charge in [0, 0.05) is 11.4 Å². The Labute approximate surface area is 151 Å². The van der Waals surface area contributed by atoms with Crippen LogP contribution in [0.1, 0.15) is 11.6 Å². The first-order chi connectivity index (χ1) is 12.7. The van der Waals surface area contributed by atoms with Crippen molar-refractivity contribution in [3.63, 3.8) is 0 Å². The number of rotatable bonds is 2. The quantitative estimate of drug-likeness (QED) is 0.455. The number of aromatic nitrogens is 4. The fourth-order valence-electron chi connectivity index (χ4n) is 3.72. The number of benzene rings is 3. The normalized spacial score (nSPS) is 11.5. The summed E-state index contributed by atoms with van der Waals surface area (Å²) in [5, 5.41) is 0. The molecule has 5 rings (SSSR count). The second-order valence-electron chi connectivity index (χ2n) is 6.49. The Hall–Kier alpha value is -3.40. The molecule has 0 aliphatic carbocycles. The van der Waals surface area contributed by atoms with Crippen LogP contribution >= 0.6 is 0 Å². The minimum atomic E-state index is 0.982. The Balaban J connectivity index is 1.75. The lowest BCUT2D eigenvalue weighted by atomic mass is 10.2. The number of aryl methyl sites for hydroxylation is 2. The Morgan fingerprint density at radius 1 is 0.577 bits per heavy atom. The molecule has 126 valence electrons. The third-order valence-electron chi connectivity index (χ3n) is 4.80. The van der Waals surface area contributed by atoms with E-state index in [1.54, 1.807) is 0 Å². The van der Waals surface area contributed by atoms with E-state index in [0.29, 0.717) is 0 Å². The molecule has 0 bridgehead atoms. The summed E-state index contributed by atoms with van der Waals surface area (Å²) in [5.74, 6) is 1.96. The molecular weight excluding hydrogens is 320 g/mol. The molecule has 0 fully saturated rings. The van der Waals surface area contributed by atoms with Crippen LogP contribution in [0.2, 0.25) is 0 Å². The lowest BCUT2D eigenvalue weighted by molar-refractivity contribution is 0.975. The average molecular weight is 338 g/mol. The van der Waals surface area contributed by atoms with E-state index in [4.69, 9.17) is 9.97 Å². The van der Waals surface area contributed by atoms with Crippen LogP contribution < -0.4 is 0 Å². The largest absolute Gasteiger partial charge is 0.296 e. The maximum Gasteiger partial charge on any atom is 0.111 e. The molecule has 0 saturated carbocycles. The molecule has 26 heavy (non-hydrogen) atoms. The van der Waals surface area contributed by atoms with E-state index in [0.717, 1.165) is 45.1 Å². The third kappa shape index (κ3) is 2.15. The topological polar surface area (TPSA) is 35.6 Å². The Morgan fingerprint density at radius 3 is 1.54 bits per heavy atom. The van der Waals surface area contributed by atoms with Gasteiger partial charge in [0.1, 0.15) is 11.6 Å². The van der Waals surface area contributed by atoms with Crippen LogP contribution in [-0.2, 0) is 0 Å². The Kier molecular flexibility index (Phi) is 3.19. The zero-order chi connectivity index (χ0) is 17.7. The van der Waals surface area contributed by atoms with Crippen molar-refractivity contribution in [2.75, 3.05) is 0 Å². The number of hydrogen-bond donors (Lipinski definition) is 0. The molecular formula is C22H18N4. The zero-order valence-electron chi connectivity index (χ0n) is 14.7. The summed E-state index contributed by atoms with van der Waals surface area (Å²) in [6.07, 6.45) is 0. The molecule has 0 atom stereocenters. The molecule has 0 unspecified atom stereocenters. The van der Waals surface area contributed by atoms with Gasteiger partial charge in [-0.2, -0.15) is 0 Å². The molecule has 0 radical (unpaired) electrons. The van der Waals surface area contributed by atoms with Gasteiger partial charge in [-0.25, -0.2) is 9.97 Å². The number of imidazole rings is 2. The highest BCUT2D eigenvalue weighted by atomic mass is 15.1. The average Bonchev–Trinajstić information content (AvgIpc) is 3.17. The number of fused-ring (bicyclic) bond motifs is 2. The summed E-state index contributed by atoms with van der Waals surface area (Å²) < 4.78 is 4.40. The molecule has 4 nitrogen and oxygen atoms in total. The van der Waals surface area contributed by atoms with Crippen LogP contribution in [0.3, 0.4) is 0 Å². The highest BCUT2D eigenvalue weighted by Crippen LogP contribution is 2.25. The van der Waals surface area contributed by atoms with Crippen molar-refractivity contribution in [2.45, 2.75) is 13.8 Å². The van der Waals surface area contributed by atoms with Gasteiger partial charge in [-0.05, 0) is 56.3 Å². The van der Waals surface area contributed by atoms with E-state index in [2.05, 4.69) is 69.8 Å². The zero-order valence-corrected chi connectivity index (χ0v) is 14.7. The van der Waals surface area contributed by atoms with Gasteiger partial charge in [-0.3, -0.25) is 9.13 Å². The lowest BCUT2D eigenvalue weighted by Crippen LogP contribution is -2.01. The minimum Gasteiger partial charge on any atom is -0.296 e. The van der Waals surface area contributed by atoms with Gasteiger partial charge < -0.3 is 0 Å². The Morgan fingerprint density at radius 2 is 1.04 bits per heavy atom. The summed E-state index contributed by atoms with van der Waals surface area (Å²) in [6.45, 7) is 4.09. The van der Waals surface area contributed by atoms with Crippen molar-refractivity contribution in [1.29, 1.82) is 0 Å². The van der Waals surface area contributed by atoms with Crippen LogP contribution in [-0.4, -0.2) is 19.1 Å². The highest BCUT2D eigenvalue weighted by Gasteiger charge is 2.12. The number of nitrogens with zero attached hydrogens (tertiary/aromatic N) is 4. The molecule has 0 spiro atoms. The fourth-order valence-corrected chi connectivity index (χ4v) is 3.72. The van der Waals surface area contributed by atoms with Gasteiger partial charge >= 0.3 is 0 Å². The second kappa shape index (κ2) is 5.56. The van der Waals surface area contributed by atoms with E-state index in [1.165, 1.54) is 0 Å². The molecule has 0 N–H and O–H groups in total. The summed E-state index contributed by atoms with van der Waals surface area (Å²) in [4.78, 5) is 9.39. The van der Waals surface area contributed by atoms with Gasteiger partial charge in [-0.1, -0.05) is 30.3 Å². The fraction of sp³-hybridized carbons (Fsp3) is 0.0909. The summed E-state index contributed by atoms with van der Waals surface area (Å²) >= 11 is 0. The van der Waals surface area contributed by atoms with Crippen molar-refractivity contribution >= 4 is 22.1 Å². The lowest BCUT2D eigenvalue weighted by Gasteiger charge is -2.12. The SMILES string of the molecule is Cc1nc2ccccc2n1-c1cccc(-n2c(C)nc3ccccc32)c1. The predicted octanol–water partition coefficient (Wildman–Crippen LogP) is 4.98. The van der Waals surface area contributed by atoms with Crippen molar-refractivity contribution in [2.24, 2.45) is 0 Å². The molecule has 4 heteroatoms. The van der Waals surface area contributed by atoms with Crippen molar-refractivity contribution in [3.05, 3.63) is 84.4 Å². The van der Waals surface area contributed by atoms with Crippen LogP contribution in [0, 0.1) is 13.8 Å². The summed E-state index contributed by atoms with van der Waals surface area (Å²) in [5.41, 5.74) is 6.47. The number of hydrogen-bond acceptors (Lipinski definition) is 2. The molecule has 2 heterocycles. The summed E-state index contributed by atoms with van der Waals surface area (Å²) in [6, 6.07) is 25.0. The minimum absolute atomic E-state index is 0.982. The molecule has 0 saturated heterocycles. The van der Waals surface area contributed by atoms with Crippen LogP contribution in [0.4, 0.5) is 0 Å². The molecule has 3 aromatic carbocycles. The van der Waals surface area contributed by atoms with Crippen LogP contribution in [0.25, 0.3) is 33.4 Å². The second-order valence-corrected chi connectivity index (χ2v) is 6.49. The van der Waals surface area contributed by atoms with E-state index >= 15 is 0 Å². The van der Waals surface area contributed by atoms with Gasteiger partial charge in [0.05, 0.1) is 22.1 Å². The van der Waals surface area contributed by atoms with Gasteiger partial charge in [-0.15, -0.1) is 0 Å². The van der Waals surface area contributed by atoms with E-state index in [9.17, 15) is 0 Å². The highest BCUT2D eigenvalue weighted by molar-refractivity contribution is 5.80. The monoisotopic (exact) mass is 338 g/mol. The summed E-state index contributed by atoms with van der Waals surface area (Å²) in [7, 11) is 0. The maximum absolute atomic E-state index is 4.69. The van der Waals surface area contributed by atoms with Crippen LogP contribution in [0.15, 0.2) is 72.8 Å². The van der Waals surface area contributed by atoms with Gasteiger partial charge in [0.2, 0.25) is 0 Å². The van der Waals surface area contributed by atoms with Gasteiger partial charge in [0.15, 0.2) is 0 Å². The molecule has 0 amide bonds. The molecule has 5 aromatic rings. The molecule has 0 aliphatic heterocycles. The predicted molar refractivity (Wildman–Crippen MR) is 105 cm³/mol. The van der Waals surface area contributed by atoms with Crippen molar-refractivity contribution in [3.8, 4) is 11.4 Å². The maximum atomic E-state index is 4.69. The molecule has 2 aromatic heterocycles. The van der Waals surface area contributed by atoms with E-state index in [1.807, 2.05) is 26.0 Å². The Bertz CT molecular complexity index is 1160. The van der Waals surface area contributed by atoms with Crippen LogP contribution in [0.5, 0.6) is 0 Å². The first-order valence-electron chi connectivity index (χ1n) is 8.71. The first kappa shape index (κ1) is 14.9. The van der Waals surface area contributed by atoms with Crippen molar-refractivity contribution < 1.29 is 0 Å². The van der Waals surface area contributed by atoms with E-state index < -0.39 is 0 Å².